The van der Waals surface area contributed by atoms with E-state index in [-0.39, 0.29) is 17.8 Å². The summed E-state index contributed by atoms with van der Waals surface area (Å²) in [6.07, 6.45) is 0. The monoisotopic (exact) mass is 454 g/mol. The number of methoxy groups -OCH3 is 1. The minimum Gasteiger partial charge on any atom is -0.497 e. The Labute approximate surface area is 191 Å². The number of anilines is 1. The molecule has 1 amide bonds. The van der Waals surface area contributed by atoms with Gasteiger partial charge < -0.3 is 14.8 Å². The molecule has 0 unspecified atom stereocenters. The second-order valence-electron chi connectivity index (χ2n) is 7.78. The maximum atomic E-state index is 15.0. The molecule has 5 nitrogen and oxygen atoms in total. The first-order chi connectivity index (χ1) is 15.5. The van der Waals surface area contributed by atoms with Crippen molar-refractivity contribution in [2.45, 2.75) is 19.9 Å². The number of carbonyl (C=O) groups excluding carboxylic acids is 1. The van der Waals surface area contributed by atoms with E-state index in [4.69, 9.17) is 9.47 Å². The van der Waals surface area contributed by atoms with Gasteiger partial charge in [0.25, 0.3) is 5.91 Å². The normalized spacial score (nSPS) is 15.4. The fourth-order valence-electron chi connectivity index (χ4n) is 4.05. The van der Waals surface area contributed by atoms with Gasteiger partial charge in [-0.1, -0.05) is 18.2 Å². The van der Waals surface area contributed by atoms with Crippen LogP contribution in [0.1, 0.15) is 38.0 Å². The van der Waals surface area contributed by atoms with Gasteiger partial charge in [-0.15, -0.1) is 11.3 Å². The summed E-state index contributed by atoms with van der Waals surface area (Å²) < 4.78 is 25.7. The Morgan fingerprint density at radius 1 is 1.12 bits per heavy atom. The highest BCUT2D eigenvalue weighted by Gasteiger charge is 2.32. The van der Waals surface area contributed by atoms with Crippen molar-refractivity contribution >= 4 is 22.2 Å². The van der Waals surface area contributed by atoms with E-state index in [1.165, 1.54) is 17.4 Å². The number of ether oxygens (including phenoxy) is 2. The number of rotatable bonds is 6. The summed E-state index contributed by atoms with van der Waals surface area (Å²) in [5.41, 5.74) is 3.16. The Kier molecular flexibility index (Phi) is 6.89. The summed E-state index contributed by atoms with van der Waals surface area (Å²) in [4.78, 5) is 16.4. The van der Waals surface area contributed by atoms with Gasteiger partial charge in [-0.3, -0.25) is 9.69 Å². The van der Waals surface area contributed by atoms with Crippen LogP contribution in [0, 0.1) is 19.7 Å². The van der Waals surface area contributed by atoms with Crippen LogP contribution in [0.25, 0.3) is 0 Å². The van der Waals surface area contributed by atoms with Crippen molar-refractivity contribution in [3.8, 4) is 5.75 Å². The molecule has 0 bridgehead atoms. The molecule has 0 saturated carbocycles. The van der Waals surface area contributed by atoms with Crippen LogP contribution in [-0.2, 0) is 4.74 Å². The topological polar surface area (TPSA) is 50.8 Å². The molecule has 0 radical (unpaired) electrons. The van der Waals surface area contributed by atoms with Crippen molar-refractivity contribution in [1.82, 2.24) is 4.90 Å². The molecule has 32 heavy (non-hydrogen) atoms. The van der Waals surface area contributed by atoms with Gasteiger partial charge in [0.05, 0.1) is 26.4 Å². The van der Waals surface area contributed by atoms with Gasteiger partial charge in [0.15, 0.2) is 0 Å². The van der Waals surface area contributed by atoms with Crippen LogP contribution in [0.3, 0.4) is 0 Å². The predicted octanol–water partition coefficient (Wildman–Crippen LogP) is 5.19. The first-order valence-corrected chi connectivity index (χ1v) is 11.4. The first-order valence-electron chi connectivity index (χ1n) is 10.6. The number of carbonyl (C=O) groups is 1. The van der Waals surface area contributed by atoms with Gasteiger partial charge in [-0.25, -0.2) is 4.39 Å². The van der Waals surface area contributed by atoms with Crippen molar-refractivity contribution in [3.05, 3.63) is 81.5 Å². The van der Waals surface area contributed by atoms with Crippen LogP contribution in [0.4, 0.5) is 9.39 Å². The number of morpholine rings is 1. The number of amides is 1. The molecule has 0 aliphatic carbocycles. The Morgan fingerprint density at radius 3 is 2.47 bits per heavy atom. The van der Waals surface area contributed by atoms with Gasteiger partial charge in [0, 0.05) is 34.7 Å². The lowest BCUT2D eigenvalue weighted by Gasteiger charge is -2.35. The van der Waals surface area contributed by atoms with Gasteiger partial charge in [-0.2, -0.15) is 0 Å². The number of nitrogens with zero attached hydrogens (tertiary/aromatic N) is 1. The number of halogens is 1. The predicted molar refractivity (Wildman–Crippen MR) is 125 cm³/mol. The molecule has 1 atom stereocenters. The van der Waals surface area contributed by atoms with Gasteiger partial charge in [-0.05, 0) is 49.7 Å². The third kappa shape index (κ3) is 4.55. The molecular weight excluding hydrogens is 427 g/mol. The summed E-state index contributed by atoms with van der Waals surface area (Å²) in [5.74, 6) is 0.237. The Morgan fingerprint density at radius 2 is 1.81 bits per heavy atom. The zero-order chi connectivity index (χ0) is 22.7. The van der Waals surface area contributed by atoms with Crippen LogP contribution < -0.4 is 10.1 Å². The van der Waals surface area contributed by atoms with E-state index < -0.39 is 0 Å². The van der Waals surface area contributed by atoms with Crippen molar-refractivity contribution in [2.75, 3.05) is 38.7 Å². The number of aryl methyl sites for hydroxylation is 1. The van der Waals surface area contributed by atoms with Crippen LogP contribution >= 0.6 is 11.3 Å². The SMILES string of the molecule is COc1ccc(C(=O)Nc2sc(C)c(C)c2[C@@H](c2ccccc2F)N2CCOCC2)cc1. The molecule has 7 heteroatoms. The number of benzene rings is 2. The molecule has 1 fully saturated rings. The summed E-state index contributed by atoms with van der Waals surface area (Å²) in [7, 11) is 1.59. The largest absolute Gasteiger partial charge is 0.497 e. The molecule has 0 spiro atoms. The second kappa shape index (κ2) is 9.81. The first kappa shape index (κ1) is 22.5. The average molecular weight is 455 g/mol. The Hall–Kier alpha value is -2.74. The summed E-state index contributed by atoms with van der Waals surface area (Å²) in [6.45, 7) is 6.66. The lowest BCUT2D eigenvalue weighted by Crippen LogP contribution is -2.40. The van der Waals surface area contributed by atoms with Crippen molar-refractivity contribution in [2.24, 2.45) is 0 Å². The lowest BCUT2D eigenvalue weighted by molar-refractivity contribution is 0.0234. The smallest absolute Gasteiger partial charge is 0.256 e. The van der Waals surface area contributed by atoms with E-state index in [1.54, 1.807) is 37.4 Å². The van der Waals surface area contributed by atoms with Crippen LogP contribution in [0.5, 0.6) is 5.75 Å². The zero-order valence-electron chi connectivity index (χ0n) is 18.5. The highest BCUT2D eigenvalue weighted by Crippen LogP contribution is 2.43. The van der Waals surface area contributed by atoms with Crippen LogP contribution in [0.15, 0.2) is 48.5 Å². The molecule has 1 saturated heterocycles. The second-order valence-corrected chi connectivity index (χ2v) is 9.01. The minimum absolute atomic E-state index is 0.204. The van der Waals surface area contributed by atoms with E-state index in [0.717, 1.165) is 21.0 Å². The van der Waals surface area contributed by atoms with Gasteiger partial charge >= 0.3 is 0 Å². The van der Waals surface area contributed by atoms with E-state index in [0.29, 0.717) is 43.2 Å². The standard InChI is InChI=1S/C25H27FN2O3S/c1-16-17(2)32-25(27-24(29)18-8-10-19(30-3)11-9-18)22(16)23(28-12-14-31-15-13-28)20-6-4-5-7-21(20)26/h4-11,23H,12-15H2,1-3H3,(H,27,29)/t23-/m1/s1. The molecule has 168 valence electrons. The zero-order valence-corrected chi connectivity index (χ0v) is 19.3. The van der Waals surface area contributed by atoms with E-state index in [9.17, 15) is 9.18 Å². The summed E-state index contributed by atoms with van der Waals surface area (Å²) in [5, 5.41) is 3.84. The van der Waals surface area contributed by atoms with Crippen molar-refractivity contribution < 1.29 is 18.7 Å². The molecule has 1 aromatic heterocycles. The average Bonchev–Trinajstić information content (AvgIpc) is 3.09. The van der Waals surface area contributed by atoms with E-state index >= 15 is 0 Å². The molecule has 1 aliphatic heterocycles. The van der Waals surface area contributed by atoms with E-state index in [2.05, 4.69) is 10.2 Å². The Bertz CT molecular complexity index is 1090. The van der Waals surface area contributed by atoms with Gasteiger partial charge in [0.1, 0.15) is 16.6 Å². The maximum absolute atomic E-state index is 15.0. The third-order valence-electron chi connectivity index (χ3n) is 5.90. The fraction of sp³-hybridized carbons (Fsp3) is 0.320. The molecule has 1 N–H and O–H groups in total. The third-order valence-corrected chi connectivity index (χ3v) is 7.03. The lowest BCUT2D eigenvalue weighted by atomic mass is 9.94. The number of nitrogens with one attached hydrogen (secondary N) is 1. The quantitative estimate of drug-likeness (QED) is 0.557. The van der Waals surface area contributed by atoms with Crippen LogP contribution in [0.2, 0.25) is 0 Å². The number of thiophene rings is 1. The molecule has 4 rings (SSSR count). The molecular formula is C25H27FN2O3S. The molecule has 3 aromatic rings. The molecule has 1 aliphatic rings. The highest BCUT2D eigenvalue weighted by atomic mass is 32.1. The minimum atomic E-state index is -0.309. The van der Waals surface area contributed by atoms with E-state index in [1.807, 2.05) is 26.0 Å². The summed E-state index contributed by atoms with van der Waals surface area (Å²) in [6, 6.07) is 13.6. The van der Waals surface area contributed by atoms with Crippen molar-refractivity contribution in [3.63, 3.8) is 0 Å². The maximum Gasteiger partial charge on any atom is 0.256 e. The fourth-order valence-corrected chi connectivity index (χ4v) is 5.14. The highest BCUT2D eigenvalue weighted by molar-refractivity contribution is 7.16. The molecule has 2 heterocycles. The number of hydrogen-bond acceptors (Lipinski definition) is 5. The summed E-state index contributed by atoms with van der Waals surface area (Å²) >= 11 is 1.53. The number of hydrogen-bond donors (Lipinski definition) is 1. The van der Waals surface area contributed by atoms with Crippen molar-refractivity contribution in [1.29, 1.82) is 0 Å². The van der Waals surface area contributed by atoms with Gasteiger partial charge in [0.2, 0.25) is 0 Å². The Balaban J connectivity index is 1.74. The molecule has 2 aromatic carbocycles. The van der Waals surface area contributed by atoms with Crippen LogP contribution in [-0.4, -0.2) is 44.2 Å².